The fourth-order valence-electron chi connectivity index (χ4n) is 6.54. The Labute approximate surface area is 284 Å². The topological polar surface area (TPSA) is 124 Å². The van der Waals surface area contributed by atoms with Crippen molar-refractivity contribution in [1.82, 2.24) is 20.5 Å². The molecule has 1 fully saturated rings. The third-order valence-corrected chi connectivity index (χ3v) is 9.41. The Kier molecular flexibility index (Phi) is 11.3. The minimum atomic E-state index is -1.22. The average molecular weight is 673 g/mol. The van der Waals surface area contributed by atoms with Crippen molar-refractivity contribution >= 4 is 11.8 Å². The number of nitrogens with zero attached hydrogens (tertiary/aromatic N) is 1. The summed E-state index contributed by atoms with van der Waals surface area (Å²) >= 11 is 0. The number of methoxy groups -OCH3 is 1. The van der Waals surface area contributed by atoms with Gasteiger partial charge in [-0.15, -0.1) is 0 Å². The molecule has 49 heavy (non-hydrogen) atoms. The lowest BCUT2D eigenvalue weighted by Gasteiger charge is -2.34. The average Bonchev–Trinajstić information content (AvgIpc) is 3.59. The van der Waals surface area contributed by atoms with Crippen LogP contribution in [0.25, 0.3) is 0 Å². The zero-order valence-corrected chi connectivity index (χ0v) is 27.8. The highest BCUT2D eigenvalue weighted by Gasteiger charge is 2.37. The van der Waals surface area contributed by atoms with Crippen molar-refractivity contribution in [3.05, 3.63) is 135 Å². The lowest BCUT2D eigenvalue weighted by molar-refractivity contribution is 0.0742. The third kappa shape index (κ3) is 8.60. The number of amides is 2. The number of ether oxygens (including phenoxy) is 1. The first kappa shape index (κ1) is 35.4. The molecule has 1 aromatic heterocycles. The van der Waals surface area contributed by atoms with Gasteiger partial charge in [0.25, 0.3) is 11.8 Å². The molecule has 9 nitrogen and oxygen atoms in total. The molecule has 4 N–H and O–H groups in total. The highest BCUT2D eigenvalue weighted by molar-refractivity contribution is 5.98. The summed E-state index contributed by atoms with van der Waals surface area (Å²) in [6.45, 7) is 1.89. The number of aromatic amines is 1. The third-order valence-electron chi connectivity index (χ3n) is 9.41. The van der Waals surface area contributed by atoms with E-state index < -0.39 is 46.7 Å². The molecule has 0 saturated heterocycles. The monoisotopic (exact) mass is 672 g/mol. The summed E-state index contributed by atoms with van der Waals surface area (Å²) in [6.07, 6.45) is 2.26. The summed E-state index contributed by atoms with van der Waals surface area (Å²) in [6, 6.07) is 21.2. The normalized spacial score (nSPS) is 15.6. The second-order valence-electron chi connectivity index (χ2n) is 12.7. The van der Waals surface area contributed by atoms with Crippen LogP contribution >= 0.6 is 0 Å². The van der Waals surface area contributed by atoms with Crippen LogP contribution in [0.2, 0.25) is 0 Å². The highest BCUT2D eigenvalue weighted by Crippen LogP contribution is 2.39. The Morgan fingerprint density at radius 3 is 2.35 bits per heavy atom. The van der Waals surface area contributed by atoms with E-state index in [1.165, 1.54) is 11.0 Å². The number of carbonyl (C=O) groups excluding carboxylic acids is 2. The number of aliphatic hydroxyl groups is 1. The number of hydrogen-bond donors (Lipinski definition) is 4. The molecule has 5 rings (SSSR count). The van der Waals surface area contributed by atoms with Gasteiger partial charge in [-0.05, 0) is 73.2 Å². The minimum absolute atomic E-state index is 0.00612. The summed E-state index contributed by atoms with van der Waals surface area (Å²) in [5.74, 6) is -2.11. The fourth-order valence-corrected chi connectivity index (χ4v) is 6.54. The zero-order valence-electron chi connectivity index (χ0n) is 27.8. The maximum atomic E-state index is 14.2. The second kappa shape index (κ2) is 15.6. The highest BCUT2D eigenvalue weighted by atomic mass is 19.1. The molecule has 0 unspecified atom stereocenters. The lowest BCUT2D eigenvalue weighted by atomic mass is 9.87. The SMILES string of the molecule is COc1cccc(C2(NC[C@@H](O)[C@H](Cc3cc(F)cc(F)c3)NC(=O)c3cc(C(=O)N(C)[C@H](C)c4ccccc4)cc(=O)[nH]3)CCCC2)c1. The minimum Gasteiger partial charge on any atom is -0.497 e. The summed E-state index contributed by atoms with van der Waals surface area (Å²) in [4.78, 5) is 43.7. The number of halogens is 2. The van der Waals surface area contributed by atoms with Crippen molar-refractivity contribution in [3.8, 4) is 5.75 Å². The quantitative estimate of drug-likeness (QED) is 0.154. The van der Waals surface area contributed by atoms with Gasteiger partial charge in [0.05, 0.1) is 25.3 Å². The van der Waals surface area contributed by atoms with Crippen molar-refractivity contribution in [1.29, 1.82) is 0 Å². The van der Waals surface area contributed by atoms with Crippen LogP contribution < -0.4 is 20.9 Å². The number of aliphatic hydroxyl groups excluding tert-OH is 1. The molecule has 0 radical (unpaired) electrons. The lowest BCUT2D eigenvalue weighted by Crippen LogP contribution is -2.52. The Bertz CT molecular complexity index is 1810. The Morgan fingerprint density at radius 1 is 0.980 bits per heavy atom. The van der Waals surface area contributed by atoms with E-state index in [4.69, 9.17) is 4.74 Å². The standard InChI is InChI=1S/C38H42F2N4O5/c1-24(26-10-5-4-6-11-26)44(2)37(48)27-19-33(42-35(46)20-27)36(47)43-32(18-25-16-29(39)22-30(40)17-25)34(45)23-41-38(14-7-8-15-38)28-12-9-13-31(21-28)49-3/h4-6,9-13,16-17,19-22,24,32,34,41,45H,7-8,14-15,18,23H2,1-3H3,(H,42,46)(H,43,47)/t24-,32+,34-/m1/s1. The number of rotatable bonds is 13. The molecule has 258 valence electrons. The maximum Gasteiger partial charge on any atom is 0.268 e. The Morgan fingerprint density at radius 2 is 1.67 bits per heavy atom. The first-order chi connectivity index (χ1) is 23.5. The zero-order chi connectivity index (χ0) is 35.1. The number of H-pyrrole nitrogens is 1. The van der Waals surface area contributed by atoms with Gasteiger partial charge >= 0.3 is 0 Å². The molecule has 11 heteroatoms. The number of carbonyl (C=O) groups is 2. The molecule has 0 spiro atoms. The van der Waals surface area contributed by atoms with E-state index in [2.05, 4.69) is 15.6 Å². The summed E-state index contributed by atoms with van der Waals surface area (Å²) in [5.41, 5.74) is 0.824. The van der Waals surface area contributed by atoms with Crippen LogP contribution in [0.15, 0.2) is 89.7 Å². The Hall–Kier alpha value is -4.87. The number of hydrogen-bond acceptors (Lipinski definition) is 6. The molecule has 2 amide bonds. The van der Waals surface area contributed by atoms with Crippen LogP contribution in [0, 0.1) is 11.6 Å². The number of nitrogens with one attached hydrogen (secondary N) is 3. The summed E-state index contributed by atoms with van der Waals surface area (Å²) < 4.78 is 33.8. The molecule has 4 aromatic rings. The fraction of sp³-hybridized carbons (Fsp3) is 0.342. The van der Waals surface area contributed by atoms with E-state index in [0.29, 0.717) is 5.75 Å². The van der Waals surface area contributed by atoms with E-state index in [1.807, 2.05) is 61.5 Å². The second-order valence-corrected chi connectivity index (χ2v) is 12.7. The molecule has 1 heterocycles. The van der Waals surface area contributed by atoms with Crippen molar-refractivity contribution in [3.63, 3.8) is 0 Å². The van der Waals surface area contributed by atoms with Gasteiger partial charge in [-0.1, -0.05) is 55.3 Å². The van der Waals surface area contributed by atoms with Crippen molar-refractivity contribution < 1.29 is 28.2 Å². The van der Waals surface area contributed by atoms with Crippen molar-refractivity contribution in [2.45, 2.75) is 62.8 Å². The van der Waals surface area contributed by atoms with Crippen LogP contribution in [0.3, 0.4) is 0 Å². The molecule has 1 aliphatic carbocycles. The van der Waals surface area contributed by atoms with Gasteiger partial charge in [-0.3, -0.25) is 14.4 Å². The van der Waals surface area contributed by atoms with Crippen molar-refractivity contribution in [2.75, 3.05) is 20.7 Å². The van der Waals surface area contributed by atoms with Crippen LogP contribution in [0.4, 0.5) is 8.78 Å². The van der Waals surface area contributed by atoms with Crippen molar-refractivity contribution in [2.24, 2.45) is 0 Å². The smallest absolute Gasteiger partial charge is 0.268 e. The predicted molar refractivity (Wildman–Crippen MR) is 182 cm³/mol. The number of benzene rings is 3. The van der Waals surface area contributed by atoms with Gasteiger partial charge in [-0.2, -0.15) is 0 Å². The van der Waals surface area contributed by atoms with E-state index >= 15 is 0 Å². The number of pyridine rings is 1. The summed E-state index contributed by atoms with van der Waals surface area (Å²) in [7, 11) is 3.21. The number of aromatic nitrogens is 1. The van der Waals surface area contributed by atoms with E-state index in [0.717, 1.165) is 61.1 Å². The first-order valence-electron chi connectivity index (χ1n) is 16.4. The van der Waals surface area contributed by atoms with Gasteiger partial charge in [0.1, 0.15) is 23.1 Å². The van der Waals surface area contributed by atoms with Gasteiger partial charge in [-0.25, -0.2) is 8.78 Å². The predicted octanol–water partition coefficient (Wildman–Crippen LogP) is 5.26. The van der Waals surface area contributed by atoms with Gasteiger partial charge in [0.15, 0.2) is 0 Å². The van der Waals surface area contributed by atoms with Crippen LogP contribution in [0.5, 0.6) is 5.75 Å². The molecular weight excluding hydrogens is 630 g/mol. The van der Waals surface area contributed by atoms with Gasteiger partial charge < -0.3 is 30.4 Å². The van der Waals surface area contributed by atoms with Gasteiger partial charge in [0.2, 0.25) is 5.56 Å². The van der Waals surface area contributed by atoms with E-state index in [-0.39, 0.29) is 35.8 Å². The molecule has 1 saturated carbocycles. The molecular formula is C38H42F2N4O5. The first-order valence-corrected chi connectivity index (χ1v) is 16.4. The largest absolute Gasteiger partial charge is 0.497 e. The van der Waals surface area contributed by atoms with Crippen LogP contribution in [0.1, 0.15) is 76.2 Å². The van der Waals surface area contributed by atoms with Crippen LogP contribution in [-0.2, 0) is 12.0 Å². The molecule has 1 aliphatic rings. The molecule has 0 bridgehead atoms. The Balaban J connectivity index is 1.38. The van der Waals surface area contributed by atoms with Gasteiger partial charge in [0, 0.05) is 36.8 Å². The van der Waals surface area contributed by atoms with E-state index in [9.17, 15) is 28.3 Å². The van der Waals surface area contributed by atoms with E-state index in [1.54, 1.807) is 14.2 Å². The molecule has 0 aliphatic heterocycles. The maximum absolute atomic E-state index is 14.2. The summed E-state index contributed by atoms with van der Waals surface area (Å²) in [5, 5.41) is 17.8. The van der Waals surface area contributed by atoms with Crippen LogP contribution in [-0.4, -0.2) is 59.7 Å². The molecule has 3 aromatic carbocycles. The molecule has 3 atom stereocenters.